The molecule has 1 aliphatic carbocycles. The van der Waals surface area contributed by atoms with Crippen LogP contribution in [0.15, 0.2) is 36.5 Å². The van der Waals surface area contributed by atoms with Crippen LogP contribution in [0.3, 0.4) is 0 Å². The Labute approximate surface area is 183 Å². The van der Waals surface area contributed by atoms with E-state index in [4.69, 9.17) is 0 Å². The van der Waals surface area contributed by atoms with Crippen LogP contribution in [0.25, 0.3) is 11.3 Å². The molecule has 1 saturated carbocycles. The van der Waals surface area contributed by atoms with E-state index in [9.17, 15) is 4.39 Å². The van der Waals surface area contributed by atoms with Crippen LogP contribution in [0.4, 0.5) is 4.39 Å². The number of aryl methyl sites for hydroxylation is 1. The average Bonchev–Trinajstić information content (AvgIpc) is 2.78. The third-order valence-electron chi connectivity index (χ3n) is 6.95. The minimum Gasteiger partial charge on any atom is -0.256 e. The lowest BCUT2D eigenvalue weighted by Gasteiger charge is -2.28. The second kappa shape index (κ2) is 12.2. The standard InChI is InChI=1S/C28H40FN/c1-3-5-7-9-11-23-14-18-26(27(29)20-23)28-19-17-25(21-30-28)24-15-12-22(13-16-24)10-8-6-4-2/h14,17-22,24H,3-13,15-16H2,1-2H3/t22-,24-. The molecule has 0 N–H and O–H groups in total. The van der Waals surface area contributed by atoms with E-state index < -0.39 is 0 Å². The van der Waals surface area contributed by atoms with Crippen molar-refractivity contribution in [2.75, 3.05) is 0 Å². The smallest absolute Gasteiger partial charge is 0.132 e. The number of hydrogen-bond donors (Lipinski definition) is 0. The zero-order valence-electron chi connectivity index (χ0n) is 19.1. The third kappa shape index (κ3) is 6.65. The van der Waals surface area contributed by atoms with Crippen LogP contribution in [-0.4, -0.2) is 4.98 Å². The number of aromatic nitrogens is 1. The first-order valence-electron chi connectivity index (χ1n) is 12.5. The minimum absolute atomic E-state index is 0.143. The van der Waals surface area contributed by atoms with Crippen molar-refractivity contribution in [3.63, 3.8) is 0 Å². The van der Waals surface area contributed by atoms with Gasteiger partial charge < -0.3 is 0 Å². The lowest BCUT2D eigenvalue weighted by Crippen LogP contribution is -2.13. The van der Waals surface area contributed by atoms with Crippen molar-refractivity contribution in [2.45, 2.75) is 103 Å². The molecule has 0 saturated heterocycles. The summed E-state index contributed by atoms with van der Waals surface area (Å²) in [5, 5.41) is 0. The van der Waals surface area contributed by atoms with Gasteiger partial charge in [-0.3, -0.25) is 4.98 Å². The second-order valence-electron chi connectivity index (χ2n) is 9.32. The molecule has 0 amide bonds. The molecule has 0 aliphatic heterocycles. The van der Waals surface area contributed by atoms with Crippen molar-refractivity contribution in [3.8, 4) is 11.3 Å². The van der Waals surface area contributed by atoms with Gasteiger partial charge >= 0.3 is 0 Å². The molecule has 1 nitrogen and oxygen atoms in total. The fourth-order valence-corrected chi connectivity index (χ4v) is 4.95. The Kier molecular flexibility index (Phi) is 9.36. The van der Waals surface area contributed by atoms with Gasteiger partial charge in [-0.15, -0.1) is 0 Å². The van der Waals surface area contributed by atoms with Gasteiger partial charge in [-0.1, -0.05) is 70.9 Å². The molecule has 2 aromatic rings. The quantitative estimate of drug-likeness (QED) is 0.338. The summed E-state index contributed by atoms with van der Waals surface area (Å²) in [6, 6.07) is 9.88. The molecule has 0 atom stereocenters. The number of pyridine rings is 1. The highest BCUT2D eigenvalue weighted by Crippen LogP contribution is 2.38. The molecule has 1 aromatic heterocycles. The molecule has 0 radical (unpaired) electrons. The number of nitrogens with zero attached hydrogens (tertiary/aromatic N) is 1. The summed E-state index contributed by atoms with van der Waals surface area (Å²) in [6.07, 6.45) is 18.6. The van der Waals surface area contributed by atoms with Crippen molar-refractivity contribution < 1.29 is 4.39 Å². The fourth-order valence-electron chi connectivity index (χ4n) is 4.95. The number of rotatable bonds is 11. The SMILES string of the molecule is CCCCCCc1ccc(-c2ccc([C@H]3CC[C@H](CCCCC)CC3)cn2)c(F)c1. The van der Waals surface area contributed by atoms with E-state index in [1.807, 2.05) is 18.3 Å². The zero-order valence-corrected chi connectivity index (χ0v) is 19.1. The first kappa shape index (κ1) is 23.0. The Morgan fingerprint density at radius 2 is 1.63 bits per heavy atom. The summed E-state index contributed by atoms with van der Waals surface area (Å²) >= 11 is 0. The molecule has 2 heteroatoms. The van der Waals surface area contributed by atoms with Gasteiger partial charge in [-0.05, 0) is 79.7 Å². The van der Waals surface area contributed by atoms with E-state index in [1.54, 1.807) is 6.07 Å². The second-order valence-corrected chi connectivity index (χ2v) is 9.32. The minimum atomic E-state index is -0.143. The highest BCUT2D eigenvalue weighted by molar-refractivity contribution is 5.60. The summed E-state index contributed by atoms with van der Waals surface area (Å²) in [7, 11) is 0. The zero-order chi connectivity index (χ0) is 21.2. The molecule has 1 aliphatic rings. The first-order valence-corrected chi connectivity index (χ1v) is 12.5. The first-order chi connectivity index (χ1) is 14.7. The summed E-state index contributed by atoms with van der Waals surface area (Å²) in [4.78, 5) is 4.64. The van der Waals surface area contributed by atoms with Crippen LogP contribution in [0.2, 0.25) is 0 Å². The van der Waals surface area contributed by atoms with E-state index in [2.05, 4.69) is 31.0 Å². The number of halogens is 1. The van der Waals surface area contributed by atoms with E-state index in [-0.39, 0.29) is 5.82 Å². The lowest BCUT2D eigenvalue weighted by molar-refractivity contribution is 0.302. The van der Waals surface area contributed by atoms with Crippen molar-refractivity contribution in [2.24, 2.45) is 5.92 Å². The van der Waals surface area contributed by atoms with Gasteiger partial charge in [0.05, 0.1) is 5.69 Å². The van der Waals surface area contributed by atoms with Crippen LogP contribution < -0.4 is 0 Å². The van der Waals surface area contributed by atoms with Gasteiger partial charge in [0.25, 0.3) is 0 Å². The molecule has 3 rings (SSSR count). The normalized spacial score (nSPS) is 19.2. The maximum absolute atomic E-state index is 14.7. The third-order valence-corrected chi connectivity index (χ3v) is 6.95. The summed E-state index contributed by atoms with van der Waals surface area (Å²) < 4.78 is 14.7. The van der Waals surface area contributed by atoms with Gasteiger partial charge in [0, 0.05) is 11.8 Å². The maximum Gasteiger partial charge on any atom is 0.132 e. The Hall–Kier alpha value is -1.70. The van der Waals surface area contributed by atoms with E-state index >= 15 is 0 Å². The fraction of sp³-hybridized carbons (Fsp3) is 0.607. The summed E-state index contributed by atoms with van der Waals surface area (Å²) in [5.74, 6) is 1.41. The molecule has 0 spiro atoms. The molecule has 1 heterocycles. The Morgan fingerprint density at radius 1 is 0.867 bits per heavy atom. The van der Waals surface area contributed by atoms with Crippen LogP contribution in [0, 0.1) is 11.7 Å². The molecule has 1 fully saturated rings. The number of benzene rings is 1. The molecule has 164 valence electrons. The maximum atomic E-state index is 14.7. The highest BCUT2D eigenvalue weighted by atomic mass is 19.1. The van der Waals surface area contributed by atoms with Crippen molar-refractivity contribution in [1.82, 2.24) is 4.98 Å². The summed E-state index contributed by atoms with van der Waals surface area (Å²) in [6.45, 7) is 4.49. The Morgan fingerprint density at radius 3 is 2.30 bits per heavy atom. The van der Waals surface area contributed by atoms with E-state index in [1.165, 1.54) is 76.2 Å². The molecule has 1 aromatic carbocycles. The van der Waals surface area contributed by atoms with Gasteiger partial charge in [-0.25, -0.2) is 4.39 Å². The Balaban J connectivity index is 1.54. The van der Waals surface area contributed by atoms with Crippen LogP contribution in [-0.2, 0) is 6.42 Å². The van der Waals surface area contributed by atoms with E-state index in [0.29, 0.717) is 11.5 Å². The molecule has 30 heavy (non-hydrogen) atoms. The van der Waals surface area contributed by atoms with Gasteiger partial charge in [-0.2, -0.15) is 0 Å². The van der Waals surface area contributed by atoms with E-state index in [0.717, 1.165) is 30.0 Å². The monoisotopic (exact) mass is 409 g/mol. The molecule has 0 bridgehead atoms. The molecule has 0 unspecified atom stereocenters. The largest absolute Gasteiger partial charge is 0.256 e. The predicted molar refractivity (Wildman–Crippen MR) is 126 cm³/mol. The number of unbranched alkanes of at least 4 members (excludes halogenated alkanes) is 5. The van der Waals surface area contributed by atoms with Crippen molar-refractivity contribution in [3.05, 3.63) is 53.5 Å². The number of hydrogen-bond acceptors (Lipinski definition) is 1. The molecular formula is C28H40FN. The van der Waals surface area contributed by atoms with Crippen molar-refractivity contribution in [1.29, 1.82) is 0 Å². The van der Waals surface area contributed by atoms with Gasteiger partial charge in [0.15, 0.2) is 0 Å². The topological polar surface area (TPSA) is 12.9 Å². The summed E-state index contributed by atoms with van der Waals surface area (Å²) in [5.41, 5.74) is 3.80. The predicted octanol–water partition coefficient (Wildman–Crippen LogP) is 8.86. The lowest BCUT2D eigenvalue weighted by atomic mass is 9.77. The highest BCUT2D eigenvalue weighted by Gasteiger charge is 2.22. The van der Waals surface area contributed by atoms with Crippen LogP contribution in [0.1, 0.15) is 108 Å². The molecular weight excluding hydrogens is 369 g/mol. The van der Waals surface area contributed by atoms with Crippen LogP contribution in [0.5, 0.6) is 0 Å². The average molecular weight is 410 g/mol. The van der Waals surface area contributed by atoms with Crippen LogP contribution >= 0.6 is 0 Å². The van der Waals surface area contributed by atoms with Gasteiger partial charge in [0.1, 0.15) is 5.82 Å². The van der Waals surface area contributed by atoms with Crippen molar-refractivity contribution >= 4 is 0 Å². The Bertz CT molecular complexity index is 744. The van der Waals surface area contributed by atoms with Gasteiger partial charge in [0.2, 0.25) is 0 Å².